The molecule has 3 rings (SSSR count). The van der Waals surface area contributed by atoms with E-state index in [0.717, 1.165) is 16.8 Å². The Kier molecular flexibility index (Phi) is 5.02. The summed E-state index contributed by atoms with van der Waals surface area (Å²) in [7, 11) is 0. The fourth-order valence-electron chi connectivity index (χ4n) is 2.95. The van der Waals surface area contributed by atoms with Crippen LogP contribution in [0.25, 0.3) is 0 Å². The van der Waals surface area contributed by atoms with Crippen LogP contribution in [0.5, 0.6) is 0 Å². The van der Waals surface area contributed by atoms with Gasteiger partial charge < -0.3 is 10.2 Å². The molecule has 0 radical (unpaired) electrons. The molecule has 1 saturated heterocycles. The molecule has 0 bridgehead atoms. The number of benzene rings is 2. The lowest BCUT2D eigenvalue weighted by Crippen LogP contribution is -2.28. The van der Waals surface area contributed by atoms with Gasteiger partial charge in [-0.2, -0.15) is 0 Å². The molecule has 2 aromatic rings. The second-order valence-electron chi connectivity index (χ2n) is 6.31. The van der Waals surface area contributed by atoms with Crippen molar-refractivity contribution in [3.63, 3.8) is 0 Å². The minimum absolute atomic E-state index is 0.0453. The van der Waals surface area contributed by atoms with E-state index in [2.05, 4.69) is 5.32 Å². The van der Waals surface area contributed by atoms with Crippen LogP contribution >= 0.6 is 23.2 Å². The van der Waals surface area contributed by atoms with Gasteiger partial charge in [0.15, 0.2) is 0 Å². The van der Waals surface area contributed by atoms with Crippen molar-refractivity contribution in [2.45, 2.75) is 20.3 Å². The fourth-order valence-corrected chi connectivity index (χ4v) is 3.41. The van der Waals surface area contributed by atoms with Gasteiger partial charge in [-0.25, -0.2) is 0 Å². The lowest BCUT2D eigenvalue weighted by atomic mass is 10.1. The highest BCUT2D eigenvalue weighted by Gasteiger charge is 2.35. The molecule has 1 atom stereocenters. The number of halogens is 2. The van der Waals surface area contributed by atoms with Gasteiger partial charge in [0, 0.05) is 23.7 Å². The molecule has 1 heterocycles. The maximum atomic E-state index is 12.5. The van der Waals surface area contributed by atoms with E-state index in [4.69, 9.17) is 23.2 Å². The predicted octanol–water partition coefficient (Wildman–Crippen LogP) is 4.60. The smallest absolute Gasteiger partial charge is 0.229 e. The molecule has 2 aromatic carbocycles. The van der Waals surface area contributed by atoms with Crippen molar-refractivity contribution in [1.29, 1.82) is 0 Å². The van der Waals surface area contributed by atoms with Crippen molar-refractivity contribution in [2.75, 3.05) is 16.8 Å². The normalized spacial score (nSPS) is 17.0. The quantitative estimate of drug-likeness (QED) is 0.850. The molecule has 1 N–H and O–H groups in total. The molecule has 0 aromatic heterocycles. The molecule has 130 valence electrons. The molecule has 0 aliphatic carbocycles. The molecule has 1 aliphatic heterocycles. The van der Waals surface area contributed by atoms with Crippen LogP contribution in [0.1, 0.15) is 17.5 Å². The van der Waals surface area contributed by atoms with Crippen molar-refractivity contribution in [3.8, 4) is 0 Å². The molecule has 6 heteroatoms. The summed E-state index contributed by atoms with van der Waals surface area (Å²) < 4.78 is 0. The van der Waals surface area contributed by atoms with E-state index >= 15 is 0 Å². The minimum Gasteiger partial charge on any atom is -0.324 e. The maximum absolute atomic E-state index is 12.5. The molecule has 0 unspecified atom stereocenters. The van der Waals surface area contributed by atoms with E-state index in [9.17, 15) is 9.59 Å². The summed E-state index contributed by atoms with van der Waals surface area (Å²) in [6, 6.07) is 10.8. The Morgan fingerprint density at radius 2 is 1.92 bits per heavy atom. The third-order valence-electron chi connectivity index (χ3n) is 4.34. The number of nitrogens with zero attached hydrogens (tertiary/aromatic N) is 1. The lowest BCUT2D eigenvalue weighted by Gasteiger charge is -2.19. The number of anilines is 2. The summed E-state index contributed by atoms with van der Waals surface area (Å²) in [4.78, 5) is 26.7. The molecule has 1 aliphatic rings. The van der Waals surface area contributed by atoms with Gasteiger partial charge in [-0.15, -0.1) is 0 Å². The monoisotopic (exact) mass is 376 g/mol. The molecular formula is C19H18Cl2N2O2. The molecular weight excluding hydrogens is 359 g/mol. The number of carbonyl (C=O) groups excluding carboxylic acids is 2. The number of hydrogen-bond donors (Lipinski definition) is 1. The van der Waals surface area contributed by atoms with Crippen LogP contribution in [0.2, 0.25) is 10.0 Å². The highest BCUT2D eigenvalue weighted by Crippen LogP contribution is 2.31. The van der Waals surface area contributed by atoms with Crippen molar-refractivity contribution in [2.24, 2.45) is 5.92 Å². The van der Waals surface area contributed by atoms with E-state index < -0.39 is 5.92 Å². The third kappa shape index (κ3) is 3.80. The van der Waals surface area contributed by atoms with Crippen LogP contribution in [0.15, 0.2) is 36.4 Å². The summed E-state index contributed by atoms with van der Waals surface area (Å²) in [5.41, 5.74) is 3.45. The standard InChI is InChI=1S/C19H18Cl2N2O2/c1-11-3-4-12(2)17(7-11)23-10-13(8-18(23)24)19(25)22-16-6-5-14(20)9-15(16)21/h3-7,9,13H,8,10H2,1-2H3,(H,22,25)/t13-/m1/s1. The Balaban J connectivity index is 1.75. The summed E-state index contributed by atoms with van der Waals surface area (Å²) >= 11 is 12.0. The van der Waals surface area contributed by atoms with Gasteiger partial charge in [-0.05, 0) is 49.2 Å². The van der Waals surface area contributed by atoms with Crippen LogP contribution in [0, 0.1) is 19.8 Å². The van der Waals surface area contributed by atoms with E-state index in [0.29, 0.717) is 22.3 Å². The van der Waals surface area contributed by atoms with Gasteiger partial charge in [0.25, 0.3) is 0 Å². The Morgan fingerprint density at radius 1 is 1.16 bits per heavy atom. The Morgan fingerprint density at radius 3 is 2.64 bits per heavy atom. The van der Waals surface area contributed by atoms with Gasteiger partial charge in [-0.3, -0.25) is 9.59 Å². The molecule has 0 spiro atoms. The summed E-state index contributed by atoms with van der Waals surface area (Å²) in [5, 5.41) is 3.66. The summed E-state index contributed by atoms with van der Waals surface area (Å²) in [6.45, 7) is 4.30. The van der Waals surface area contributed by atoms with Crippen molar-refractivity contribution >= 4 is 46.4 Å². The average Bonchev–Trinajstić information content (AvgIpc) is 2.94. The highest BCUT2D eigenvalue weighted by atomic mass is 35.5. The van der Waals surface area contributed by atoms with Crippen molar-refractivity contribution in [3.05, 3.63) is 57.6 Å². The van der Waals surface area contributed by atoms with Crippen molar-refractivity contribution < 1.29 is 9.59 Å². The second kappa shape index (κ2) is 7.06. The van der Waals surface area contributed by atoms with Crippen LogP contribution in [0.3, 0.4) is 0 Å². The van der Waals surface area contributed by atoms with Crippen LogP contribution < -0.4 is 10.2 Å². The molecule has 1 fully saturated rings. The van der Waals surface area contributed by atoms with E-state index in [1.165, 1.54) is 0 Å². The van der Waals surface area contributed by atoms with E-state index in [1.807, 2.05) is 32.0 Å². The Hall–Kier alpha value is -2.04. The summed E-state index contributed by atoms with van der Waals surface area (Å²) in [6.07, 6.45) is 0.185. The first kappa shape index (κ1) is 17.8. The van der Waals surface area contributed by atoms with Gasteiger partial charge in [0.1, 0.15) is 0 Å². The number of nitrogens with one attached hydrogen (secondary N) is 1. The number of rotatable bonds is 3. The predicted molar refractivity (Wildman–Crippen MR) is 101 cm³/mol. The zero-order valence-corrected chi connectivity index (χ0v) is 15.5. The maximum Gasteiger partial charge on any atom is 0.229 e. The van der Waals surface area contributed by atoms with Crippen molar-refractivity contribution in [1.82, 2.24) is 0 Å². The highest BCUT2D eigenvalue weighted by molar-refractivity contribution is 6.36. The minimum atomic E-state index is -0.417. The van der Waals surface area contributed by atoms with Gasteiger partial charge in [-0.1, -0.05) is 35.3 Å². The van der Waals surface area contributed by atoms with E-state index in [1.54, 1.807) is 23.1 Å². The first-order valence-electron chi connectivity index (χ1n) is 7.98. The number of carbonyl (C=O) groups is 2. The largest absolute Gasteiger partial charge is 0.324 e. The van der Waals surface area contributed by atoms with Gasteiger partial charge in [0.2, 0.25) is 11.8 Å². The second-order valence-corrected chi connectivity index (χ2v) is 7.15. The lowest BCUT2D eigenvalue weighted by molar-refractivity contribution is -0.122. The number of aryl methyl sites for hydroxylation is 2. The van der Waals surface area contributed by atoms with Crippen LogP contribution in [-0.4, -0.2) is 18.4 Å². The van der Waals surface area contributed by atoms with E-state index in [-0.39, 0.29) is 18.2 Å². The summed E-state index contributed by atoms with van der Waals surface area (Å²) in [5.74, 6) is -0.680. The molecule has 0 saturated carbocycles. The first-order chi connectivity index (χ1) is 11.8. The number of hydrogen-bond acceptors (Lipinski definition) is 2. The van der Waals surface area contributed by atoms with Crippen LogP contribution in [-0.2, 0) is 9.59 Å². The third-order valence-corrected chi connectivity index (χ3v) is 4.89. The van der Waals surface area contributed by atoms with Gasteiger partial charge in [0.05, 0.1) is 16.6 Å². The molecule has 4 nitrogen and oxygen atoms in total. The first-order valence-corrected chi connectivity index (χ1v) is 8.74. The fraction of sp³-hybridized carbons (Fsp3) is 0.263. The van der Waals surface area contributed by atoms with Crippen LogP contribution in [0.4, 0.5) is 11.4 Å². The molecule has 25 heavy (non-hydrogen) atoms. The average molecular weight is 377 g/mol. The zero-order chi connectivity index (χ0) is 18.1. The Bertz CT molecular complexity index is 851. The zero-order valence-electron chi connectivity index (χ0n) is 14.0. The number of amides is 2. The Labute approximate surface area is 156 Å². The van der Waals surface area contributed by atoms with Gasteiger partial charge >= 0.3 is 0 Å². The molecule has 2 amide bonds. The SMILES string of the molecule is Cc1ccc(C)c(N2C[C@H](C(=O)Nc3ccc(Cl)cc3Cl)CC2=O)c1. The topological polar surface area (TPSA) is 49.4 Å².